The molecule has 0 amide bonds. The maximum atomic E-state index is 9.24. The average molecular weight is 182 g/mol. The average Bonchev–Trinajstić information content (AvgIpc) is 2.07. The Hall–Kier alpha value is -0.960. The van der Waals surface area contributed by atoms with Crippen molar-refractivity contribution >= 4 is 16.8 Å². The highest BCUT2D eigenvalue weighted by atomic mass is 32.2. The molecule has 0 aliphatic rings. The van der Waals surface area contributed by atoms with Gasteiger partial charge in [0, 0.05) is 0 Å². The van der Waals surface area contributed by atoms with Crippen molar-refractivity contribution in [1.29, 1.82) is 0 Å². The molecule has 0 unspecified atom stereocenters. The number of hydrogen-bond donors (Lipinski definition) is 1. The molecule has 1 aromatic carbocycles. The van der Waals surface area contributed by atoms with Crippen LogP contribution in [0.25, 0.3) is 0 Å². The van der Waals surface area contributed by atoms with Crippen LogP contribution in [0.15, 0.2) is 30.3 Å². The SMILES string of the molecule is CS/C(c1ccccc1)=[N+](\C)O. The number of nitrogens with zero attached hydrogens (tertiary/aromatic N) is 1. The highest BCUT2D eigenvalue weighted by Crippen LogP contribution is 2.08. The van der Waals surface area contributed by atoms with Gasteiger partial charge in [0.25, 0.3) is 5.04 Å². The zero-order valence-electron chi connectivity index (χ0n) is 7.19. The third kappa shape index (κ3) is 2.01. The highest BCUT2D eigenvalue weighted by Gasteiger charge is 2.11. The van der Waals surface area contributed by atoms with E-state index >= 15 is 0 Å². The van der Waals surface area contributed by atoms with Gasteiger partial charge in [-0.05, 0) is 23.1 Å². The summed E-state index contributed by atoms with van der Waals surface area (Å²) in [6, 6.07) is 9.81. The summed E-state index contributed by atoms with van der Waals surface area (Å²) in [5, 5.41) is 10.1. The van der Waals surface area contributed by atoms with E-state index in [9.17, 15) is 5.21 Å². The van der Waals surface area contributed by atoms with Crippen LogP contribution in [0.5, 0.6) is 0 Å². The Balaban J connectivity index is 3.05. The number of thioether (sulfide) groups is 1. The Morgan fingerprint density at radius 2 is 1.92 bits per heavy atom. The molecule has 12 heavy (non-hydrogen) atoms. The van der Waals surface area contributed by atoms with E-state index in [0.717, 1.165) is 15.3 Å². The first-order valence-corrected chi connectivity index (χ1v) is 4.87. The van der Waals surface area contributed by atoms with Crippen LogP contribution in [-0.4, -0.2) is 28.3 Å². The first kappa shape index (κ1) is 9.13. The molecular formula is C9H12NOS+. The van der Waals surface area contributed by atoms with Crippen LogP contribution in [0.3, 0.4) is 0 Å². The predicted molar refractivity (Wildman–Crippen MR) is 52.0 cm³/mol. The molecule has 0 heterocycles. The van der Waals surface area contributed by atoms with E-state index in [2.05, 4.69) is 0 Å². The Labute approximate surface area is 76.5 Å². The molecule has 0 saturated heterocycles. The fraction of sp³-hybridized carbons (Fsp3) is 0.222. The lowest BCUT2D eigenvalue weighted by molar-refractivity contribution is -0.752. The summed E-state index contributed by atoms with van der Waals surface area (Å²) in [5.74, 6) is 0. The third-order valence-corrected chi connectivity index (χ3v) is 2.39. The van der Waals surface area contributed by atoms with Crippen molar-refractivity contribution in [3.8, 4) is 0 Å². The minimum absolute atomic E-state index is 0.857. The minimum atomic E-state index is 0.857. The summed E-state index contributed by atoms with van der Waals surface area (Å²) in [6.07, 6.45) is 1.94. The van der Waals surface area contributed by atoms with Crippen LogP contribution >= 0.6 is 11.8 Å². The molecule has 0 spiro atoms. The fourth-order valence-corrected chi connectivity index (χ4v) is 1.65. The van der Waals surface area contributed by atoms with Crippen molar-refractivity contribution in [3.63, 3.8) is 0 Å². The number of hydrogen-bond acceptors (Lipinski definition) is 2. The summed E-state index contributed by atoms with van der Waals surface area (Å²) in [6.45, 7) is 0. The quantitative estimate of drug-likeness (QED) is 0.235. The molecule has 0 radical (unpaired) electrons. The first-order chi connectivity index (χ1) is 5.75. The minimum Gasteiger partial charge on any atom is -0.290 e. The summed E-state index contributed by atoms with van der Waals surface area (Å²) in [4.78, 5) is 0. The van der Waals surface area contributed by atoms with Crippen molar-refractivity contribution in [2.45, 2.75) is 0 Å². The second-order valence-corrected chi connectivity index (χ2v) is 3.19. The Morgan fingerprint density at radius 1 is 1.33 bits per heavy atom. The molecule has 1 aromatic rings. The van der Waals surface area contributed by atoms with Crippen molar-refractivity contribution in [1.82, 2.24) is 0 Å². The largest absolute Gasteiger partial charge is 0.290 e. The van der Waals surface area contributed by atoms with Crippen molar-refractivity contribution < 1.29 is 9.95 Å². The molecular weight excluding hydrogens is 170 g/mol. The molecule has 0 saturated carbocycles. The van der Waals surface area contributed by atoms with Crippen LogP contribution < -0.4 is 0 Å². The molecule has 0 aromatic heterocycles. The van der Waals surface area contributed by atoms with E-state index in [4.69, 9.17) is 0 Å². The highest BCUT2D eigenvalue weighted by molar-refractivity contribution is 8.13. The van der Waals surface area contributed by atoms with Crippen LogP contribution in [0.4, 0.5) is 0 Å². The smallest absolute Gasteiger partial charge is 0.290 e. The van der Waals surface area contributed by atoms with E-state index in [1.54, 1.807) is 7.05 Å². The number of benzene rings is 1. The van der Waals surface area contributed by atoms with Gasteiger partial charge < -0.3 is 0 Å². The maximum absolute atomic E-state index is 9.24. The molecule has 64 valence electrons. The van der Waals surface area contributed by atoms with Crippen molar-refractivity contribution in [2.24, 2.45) is 0 Å². The summed E-state index contributed by atoms with van der Waals surface area (Å²) in [7, 11) is 1.62. The van der Waals surface area contributed by atoms with Gasteiger partial charge in [-0.25, -0.2) is 0 Å². The fourth-order valence-electron chi connectivity index (χ4n) is 1.02. The van der Waals surface area contributed by atoms with E-state index in [-0.39, 0.29) is 0 Å². The van der Waals surface area contributed by atoms with Gasteiger partial charge in [-0.15, -0.1) is 0 Å². The molecule has 1 rings (SSSR count). The van der Waals surface area contributed by atoms with Crippen molar-refractivity contribution in [2.75, 3.05) is 13.3 Å². The van der Waals surface area contributed by atoms with Gasteiger partial charge >= 0.3 is 0 Å². The van der Waals surface area contributed by atoms with Gasteiger partial charge in [-0.3, -0.25) is 5.21 Å². The topological polar surface area (TPSA) is 23.2 Å². The molecule has 3 heteroatoms. The van der Waals surface area contributed by atoms with Crippen LogP contribution in [0.1, 0.15) is 5.56 Å². The summed E-state index contributed by atoms with van der Waals surface area (Å²) < 4.78 is 1.14. The maximum Gasteiger partial charge on any atom is 0.290 e. The van der Waals surface area contributed by atoms with Gasteiger partial charge in [0.2, 0.25) is 0 Å². The van der Waals surface area contributed by atoms with Gasteiger partial charge in [-0.2, -0.15) is 0 Å². The summed E-state index contributed by atoms with van der Waals surface area (Å²) in [5.41, 5.74) is 1.04. The zero-order valence-corrected chi connectivity index (χ0v) is 8.01. The number of hydroxylamine groups is 1. The molecule has 1 N–H and O–H groups in total. The number of rotatable bonds is 1. The Kier molecular flexibility index (Phi) is 3.17. The van der Waals surface area contributed by atoms with Crippen LogP contribution in [-0.2, 0) is 0 Å². The monoisotopic (exact) mass is 182 g/mol. The molecule has 0 atom stereocenters. The van der Waals surface area contributed by atoms with Crippen LogP contribution in [0, 0.1) is 0 Å². The van der Waals surface area contributed by atoms with E-state index in [1.807, 2.05) is 36.6 Å². The van der Waals surface area contributed by atoms with E-state index < -0.39 is 0 Å². The van der Waals surface area contributed by atoms with Gasteiger partial charge in [0.15, 0.2) is 7.05 Å². The van der Waals surface area contributed by atoms with Gasteiger partial charge in [0.05, 0.1) is 5.56 Å². The molecule has 0 bridgehead atoms. The molecule has 0 aliphatic heterocycles. The predicted octanol–water partition coefficient (Wildman–Crippen LogP) is 1.83. The molecule has 0 fully saturated rings. The Bertz CT molecular complexity index is 278. The summed E-state index contributed by atoms with van der Waals surface area (Å²) >= 11 is 1.52. The molecule has 0 aliphatic carbocycles. The van der Waals surface area contributed by atoms with Crippen molar-refractivity contribution in [3.05, 3.63) is 35.9 Å². The van der Waals surface area contributed by atoms with Crippen LogP contribution in [0.2, 0.25) is 0 Å². The lowest BCUT2D eigenvalue weighted by atomic mass is 10.2. The first-order valence-electron chi connectivity index (χ1n) is 3.64. The Morgan fingerprint density at radius 3 is 2.33 bits per heavy atom. The zero-order chi connectivity index (χ0) is 8.97. The second kappa shape index (κ2) is 4.16. The molecule has 2 nitrogen and oxygen atoms in total. The lowest BCUT2D eigenvalue weighted by Crippen LogP contribution is -2.10. The lowest BCUT2D eigenvalue weighted by Gasteiger charge is -1.96. The second-order valence-electron chi connectivity index (χ2n) is 2.40. The van der Waals surface area contributed by atoms with Gasteiger partial charge in [-0.1, -0.05) is 30.0 Å². The van der Waals surface area contributed by atoms with E-state index in [1.165, 1.54) is 11.8 Å². The third-order valence-electron chi connectivity index (χ3n) is 1.51. The standard InChI is InChI=1S/C9H12NOS/c1-10(11)9(12-2)8-6-4-3-5-7-8/h3-7,11H,1-2H3/q+1/b10-9+. The normalized spacial score (nSPS) is 12.5. The van der Waals surface area contributed by atoms with Gasteiger partial charge in [0.1, 0.15) is 0 Å². The van der Waals surface area contributed by atoms with E-state index in [0.29, 0.717) is 0 Å².